The Labute approximate surface area is 130 Å². The summed E-state index contributed by atoms with van der Waals surface area (Å²) < 4.78 is 37.3. The van der Waals surface area contributed by atoms with Gasteiger partial charge in [-0.05, 0) is 31.2 Å². The van der Waals surface area contributed by atoms with Crippen LogP contribution in [0.3, 0.4) is 0 Å². The molecule has 1 heterocycles. The quantitative estimate of drug-likeness (QED) is 0.815. The SMILES string of the molecule is CC(C)(C)CC(CO)NC(=O)C1CCCN(CC(F)(F)F)C1. The van der Waals surface area contributed by atoms with Crippen LogP contribution < -0.4 is 5.32 Å². The summed E-state index contributed by atoms with van der Waals surface area (Å²) in [5.74, 6) is -0.694. The van der Waals surface area contributed by atoms with Crippen molar-refractivity contribution in [1.82, 2.24) is 10.2 Å². The fourth-order valence-corrected chi connectivity index (χ4v) is 2.89. The second-order valence-corrected chi connectivity index (χ2v) is 7.34. The van der Waals surface area contributed by atoms with E-state index in [1.165, 1.54) is 4.90 Å². The Morgan fingerprint density at radius 3 is 2.50 bits per heavy atom. The number of aliphatic hydroxyl groups is 1. The predicted octanol–water partition coefficient (Wildman–Crippen LogP) is 2.17. The van der Waals surface area contributed by atoms with Gasteiger partial charge in [0, 0.05) is 6.54 Å². The van der Waals surface area contributed by atoms with Crippen LogP contribution in [0.15, 0.2) is 0 Å². The van der Waals surface area contributed by atoms with Gasteiger partial charge in [0.2, 0.25) is 5.91 Å². The van der Waals surface area contributed by atoms with Gasteiger partial charge >= 0.3 is 6.18 Å². The van der Waals surface area contributed by atoms with Crippen LogP contribution in [0.25, 0.3) is 0 Å². The molecule has 7 heteroatoms. The molecule has 1 saturated heterocycles. The Hall–Kier alpha value is -0.820. The number of amides is 1. The molecule has 0 aromatic carbocycles. The first-order chi connectivity index (χ1) is 10.00. The van der Waals surface area contributed by atoms with Crippen LogP contribution in [0.4, 0.5) is 13.2 Å². The lowest BCUT2D eigenvalue weighted by Gasteiger charge is -2.33. The number of hydrogen-bond donors (Lipinski definition) is 2. The van der Waals surface area contributed by atoms with E-state index in [2.05, 4.69) is 5.32 Å². The lowest BCUT2D eigenvalue weighted by Crippen LogP contribution is -2.49. The number of likely N-dealkylation sites (tertiary alicyclic amines) is 1. The maximum Gasteiger partial charge on any atom is 0.401 e. The Bertz CT molecular complexity index is 367. The molecule has 0 saturated carbocycles. The Morgan fingerprint density at radius 2 is 2.00 bits per heavy atom. The van der Waals surface area contributed by atoms with Crippen LogP contribution in [-0.2, 0) is 4.79 Å². The number of aliphatic hydroxyl groups excluding tert-OH is 1. The van der Waals surface area contributed by atoms with Gasteiger partial charge in [-0.1, -0.05) is 20.8 Å². The van der Waals surface area contributed by atoms with Crippen molar-refractivity contribution in [2.24, 2.45) is 11.3 Å². The smallest absolute Gasteiger partial charge is 0.394 e. The van der Waals surface area contributed by atoms with Crippen molar-refractivity contribution in [2.75, 3.05) is 26.2 Å². The molecule has 2 atom stereocenters. The van der Waals surface area contributed by atoms with Crippen molar-refractivity contribution in [2.45, 2.75) is 52.3 Å². The third-order valence-corrected chi connectivity index (χ3v) is 3.70. The van der Waals surface area contributed by atoms with Gasteiger partial charge in [0.05, 0.1) is 25.1 Å². The van der Waals surface area contributed by atoms with Gasteiger partial charge in [-0.25, -0.2) is 0 Å². The maximum absolute atomic E-state index is 12.4. The standard InChI is InChI=1S/C15H27F3N2O2/c1-14(2,3)7-12(9-21)19-13(22)11-5-4-6-20(8-11)10-15(16,17)18/h11-12,21H,4-10H2,1-3H3,(H,19,22). The molecule has 1 amide bonds. The maximum atomic E-state index is 12.4. The third kappa shape index (κ3) is 7.45. The summed E-state index contributed by atoms with van der Waals surface area (Å²) in [4.78, 5) is 13.5. The topological polar surface area (TPSA) is 52.6 Å². The number of piperidine rings is 1. The van der Waals surface area contributed by atoms with Gasteiger partial charge in [0.25, 0.3) is 0 Å². The molecule has 0 spiro atoms. The number of alkyl halides is 3. The Morgan fingerprint density at radius 1 is 1.36 bits per heavy atom. The molecule has 0 bridgehead atoms. The van der Waals surface area contributed by atoms with E-state index in [9.17, 15) is 23.1 Å². The molecule has 1 rings (SSSR count). The summed E-state index contributed by atoms with van der Waals surface area (Å²) in [7, 11) is 0. The Balaban J connectivity index is 2.53. The molecule has 4 nitrogen and oxygen atoms in total. The van der Waals surface area contributed by atoms with Gasteiger partial charge in [-0.3, -0.25) is 9.69 Å². The number of halogens is 3. The fraction of sp³-hybridized carbons (Fsp3) is 0.933. The average molecular weight is 324 g/mol. The van der Waals surface area contributed by atoms with E-state index >= 15 is 0 Å². The molecular formula is C15H27F3N2O2. The third-order valence-electron chi connectivity index (χ3n) is 3.70. The molecule has 0 aliphatic carbocycles. The largest absolute Gasteiger partial charge is 0.401 e. The van der Waals surface area contributed by atoms with E-state index in [4.69, 9.17) is 0 Å². The molecule has 0 aromatic heterocycles. The fourth-order valence-electron chi connectivity index (χ4n) is 2.89. The number of carbonyl (C=O) groups is 1. The average Bonchev–Trinajstić information content (AvgIpc) is 2.34. The van der Waals surface area contributed by atoms with Gasteiger partial charge in [0.15, 0.2) is 0 Å². The summed E-state index contributed by atoms with van der Waals surface area (Å²) in [5, 5.41) is 12.1. The Kier molecular flexibility index (Phi) is 6.67. The van der Waals surface area contributed by atoms with Gasteiger partial charge < -0.3 is 10.4 Å². The molecule has 1 aliphatic heterocycles. The highest BCUT2D eigenvalue weighted by Crippen LogP contribution is 2.24. The van der Waals surface area contributed by atoms with Crippen LogP contribution in [0.2, 0.25) is 0 Å². The van der Waals surface area contributed by atoms with E-state index < -0.39 is 18.6 Å². The van der Waals surface area contributed by atoms with Crippen molar-refractivity contribution in [3.63, 3.8) is 0 Å². The molecule has 1 fully saturated rings. The summed E-state index contributed by atoms with van der Waals surface area (Å²) in [6, 6.07) is -0.356. The van der Waals surface area contributed by atoms with Gasteiger partial charge in [-0.15, -0.1) is 0 Å². The minimum atomic E-state index is -4.24. The van der Waals surface area contributed by atoms with Crippen LogP contribution >= 0.6 is 0 Å². The van der Waals surface area contributed by atoms with Gasteiger partial charge in [-0.2, -0.15) is 13.2 Å². The molecule has 2 N–H and O–H groups in total. The number of nitrogens with zero attached hydrogens (tertiary/aromatic N) is 1. The number of hydrogen-bond acceptors (Lipinski definition) is 3. The summed E-state index contributed by atoms with van der Waals surface area (Å²) in [6.07, 6.45) is -2.45. The molecule has 0 radical (unpaired) electrons. The van der Waals surface area contributed by atoms with Crippen molar-refractivity contribution >= 4 is 5.91 Å². The van der Waals surface area contributed by atoms with E-state index in [1.807, 2.05) is 20.8 Å². The number of rotatable bonds is 5. The molecule has 22 heavy (non-hydrogen) atoms. The van der Waals surface area contributed by atoms with Crippen molar-refractivity contribution in [3.8, 4) is 0 Å². The molecule has 0 aromatic rings. The molecule has 2 unspecified atom stereocenters. The zero-order valence-corrected chi connectivity index (χ0v) is 13.5. The van der Waals surface area contributed by atoms with Crippen LogP contribution in [0, 0.1) is 11.3 Å². The second kappa shape index (κ2) is 7.64. The summed E-state index contributed by atoms with van der Waals surface area (Å²) in [6.45, 7) is 5.38. The van der Waals surface area contributed by atoms with E-state index in [1.54, 1.807) is 0 Å². The van der Waals surface area contributed by atoms with E-state index in [-0.39, 0.29) is 30.5 Å². The minimum Gasteiger partial charge on any atom is -0.394 e. The summed E-state index contributed by atoms with van der Waals surface area (Å²) >= 11 is 0. The number of carbonyl (C=O) groups excluding carboxylic acids is 1. The first-order valence-electron chi connectivity index (χ1n) is 7.70. The monoisotopic (exact) mass is 324 g/mol. The second-order valence-electron chi connectivity index (χ2n) is 7.34. The molecule has 1 aliphatic rings. The minimum absolute atomic E-state index is 0.0461. The predicted molar refractivity (Wildman–Crippen MR) is 78.3 cm³/mol. The first-order valence-corrected chi connectivity index (χ1v) is 7.70. The van der Waals surface area contributed by atoms with Crippen molar-refractivity contribution < 1.29 is 23.1 Å². The van der Waals surface area contributed by atoms with Crippen LogP contribution in [-0.4, -0.2) is 54.4 Å². The normalized spacial score (nSPS) is 22.4. The first kappa shape index (κ1) is 19.2. The zero-order chi connectivity index (χ0) is 17.0. The highest BCUT2D eigenvalue weighted by Gasteiger charge is 2.35. The number of nitrogens with one attached hydrogen (secondary N) is 1. The van der Waals surface area contributed by atoms with Gasteiger partial charge in [0.1, 0.15) is 0 Å². The zero-order valence-electron chi connectivity index (χ0n) is 13.5. The van der Waals surface area contributed by atoms with Crippen LogP contribution in [0.5, 0.6) is 0 Å². The highest BCUT2D eigenvalue weighted by atomic mass is 19.4. The lowest BCUT2D eigenvalue weighted by molar-refractivity contribution is -0.152. The molecule has 130 valence electrons. The van der Waals surface area contributed by atoms with Crippen molar-refractivity contribution in [1.29, 1.82) is 0 Å². The lowest BCUT2D eigenvalue weighted by atomic mass is 9.88. The summed E-state index contributed by atoms with van der Waals surface area (Å²) in [5.41, 5.74) is -0.0461. The highest BCUT2D eigenvalue weighted by molar-refractivity contribution is 5.79. The molecular weight excluding hydrogens is 297 g/mol. The van der Waals surface area contributed by atoms with E-state index in [0.717, 1.165) is 0 Å². The van der Waals surface area contributed by atoms with E-state index in [0.29, 0.717) is 25.8 Å². The van der Waals surface area contributed by atoms with Crippen molar-refractivity contribution in [3.05, 3.63) is 0 Å². The van der Waals surface area contributed by atoms with Crippen LogP contribution in [0.1, 0.15) is 40.0 Å².